The van der Waals surface area contributed by atoms with E-state index in [9.17, 15) is 9.59 Å². The number of nitrogens with zero attached hydrogens (tertiary/aromatic N) is 1. The molecule has 1 aliphatic heterocycles. The second-order valence-electron chi connectivity index (χ2n) is 5.54. The maximum atomic E-state index is 11.9. The summed E-state index contributed by atoms with van der Waals surface area (Å²) in [5.41, 5.74) is -0.576. The first-order chi connectivity index (χ1) is 7.29. The SMILES string of the molecule is CC(C)(C)OC(=O)N1C(C(=O)O)CC2C[C@@H]21. The summed E-state index contributed by atoms with van der Waals surface area (Å²) in [6, 6.07) is -0.602. The van der Waals surface area contributed by atoms with E-state index in [1.807, 2.05) is 0 Å². The molecule has 3 atom stereocenters. The topological polar surface area (TPSA) is 66.8 Å². The van der Waals surface area contributed by atoms with Gasteiger partial charge in [0.15, 0.2) is 0 Å². The molecule has 0 aromatic carbocycles. The molecule has 1 heterocycles. The van der Waals surface area contributed by atoms with Gasteiger partial charge in [0.25, 0.3) is 0 Å². The smallest absolute Gasteiger partial charge is 0.411 e. The van der Waals surface area contributed by atoms with Crippen molar-refractivity contribution in [2.45, 2.75) is 51.3 Å². The maximum absolute atomic E-state index is 11.9. The van der Waals surface area contributed by atoms with E-state index in [0.29, 0.717) is 12.3 Å². The Kier molecular flexibility index (Phi) is 2.36. The highest BCUT2D eigenvalue weighted by atomic mass is 16.6. The zero-order valence-electron chi connectivity index (χ0n) is 9.77. The lowest BCUT2D eigenvalue weighted by atomic mass is 10.2. The van der Waals surface area contributed by atoms with Crippen molar-refractivity contribution >= 4 is 12.1 Å². The molecule has 0 aromatic rings. The van der Waals surface area contributed by atoms with Crippen molar-refractivity contribution in [3.05, 3.63) is 0 Å². The number of aliphatic carboxylic acids is 1. The molecule has 5 heteroatoms. The van der Waals surface area contributed by atoms with Crippen LogP contribution in [0.2, 0.25) is 0 Å². The molecule has 1 saturated carbocycles. The Hall–Kier alpha value is -1.26. The second-order valence-corrected chi connectivity index (χ2v) is 5.54. The number of fused-ring (bicyclic) bond motifs is 1. The summed E-state index contributed by atoms with van der Waals surface area (Å²) in [5, 5.41) is 9.02. The van der Waals surface area contributed by atoms with Crippen LogP contribution in [0.5, 0.6) is 0 Å². The largest absolute Gasteiger partial charge is 0.480 e. The highest BCUT2D eigenvalue weighted by Crippen LogP contribution is 2.48. The van der Waals surface area contributed by atoms with Crippen LogP contribution in [0, 0.1) is 5.92 Å². The van der Waals surface area contributed by atoms with Crippen LogP contribution in [0.15, 0.2) is 0 Å². The summed E-state index contributed by atoms with van der Waals surface area (Å²) in [7, 11) is 0. The van der Waals surface area contributed by atoms with Gasteiger partial charge in [-0.25, -0.2) is 9.59 Å². The van der Waals surface area contributed by atoms with E-state index in [4.69, 9.17) is 9.84 Å². The molecular weight excluding hydrogens is 210 g/mol. The number of rotatable bonds is 1. The summed E-state index contributed by atoms with van der Waals surface area (Å²) in [4.78, 5) is 24.3. The summed E-state index contributed by atoms with van der Waals surface area (Å²) in [5.74, 6) is -0.563. The molecule has 2 unspecified atom stereocenters. The van der Waals surface area contributed by atoms with Crippen LogP contribution >= 0.6 is 0 Å². The summed E-state index contributed by atoms with van der Waals surface area (Å²) in [6.45, 7) is 5.34. The van der Waals surface area contributed by atoms with Crippen LogP contribution in [0.4, 0.5) is 4.79 Å². The molecular formula is C11H17NO4. The Morgan fingerprint density at radius 3 is 2.44 bits per heavy atom. The third-order valence-corrected chi connectivity index (χ3v) is 2.99. The van der Waals surface area contributed by atoms with Gasteiger partial charge in [0.05, 0.1) is 0 Å². The molecule has 2 fully saturated rings. The quantitative estimate of drug-likeness (QED) is 0.736. The molecule has 1 aliphatic carbocycles. The lowest BCUT2D eigenvalue weighted by Crippen LogP contribution is -2.45. The van der Waals surface area contributed by atoms with Crippen molar-refractivity contribution in [1.29, 1.82) is 0 Å². The van der Waals surface area contributed by atoms with E-state index < -0.39 is 23.7 Å². The van der Waals surface area contributed by atoms with E-state index in [-0.39, 0.29) is 6.04 Å². The Morgan fingerprint density at radius 1 is 1.31 bits per heavy atom. The molecule has 0 bridgehead atoms. The number of carboxylic acid groups (broad SMARTS) is 1. The van der Waals surface area contributed by atoms with E-state index >= 15 is 0 Å². The first kappa shape index (κ1) is 11.2. The van der Waals surface area contributed by atoms with Crippen LogP contribution in [0.3, 0.4) is 0 Å². The van der Waals surface area contributed by atoms with Gasteiger partial charge in [-0.3, -0.25) is 4.90 Å². The van der Waals surface area contributed by atoms with Crippen molar-refractivity contribution in [1.82, 2.24) is 4.90 Å². The zero-order chi connectivity index (χ0) is 12.1. The fraction of sp³-hybridized carbons (Fsp3) is 0.818. The molecule has 90 valence electrons. The fourth-order valence-electron chi connectivity index (χ4n) is 2.25. The molecule has 5 nitrogen and oxygen atoms in total. The Labute approximate surface area is 94.4 Å². The van der Waals surface area contributed by atoms with Gasteiger partial charge in [-0.05, 0) is 39.5 Å². The fourth-order valence-corrected chi connectivity index (χ4v) is 2.25. The number of carbonyl (C=O) groups is 2. The molecule has 16 heavy (non-hydrogen) atoms. The molecule has 1 saturated heterocycles. The number of hydrogen-bond acceptors (Lipinski definition) is 3. The average Bonchev–Trinajstić information content (AvgIpc) is 2.73. The van der Waals surface area contributed by atoms with Gasteiger partial charge in [-0.1, -0.05) is 0 Å². The van der Waals surface area contributed by atoms with Crippen molar-refractivity contribution in [2.24, 2.45) is 5.92 Å². The van der Waals surface area contributed by atoms with Crippen molar-refractivity contribution in [2.75, 3.05) is 0 Å². The molecule has 1 amide bonds. The van der Waals surface area contributed by atoms with Crippen LogP contribution in [0.1, 0.15) is 33.6 Å². The van der Waals surface area contributed by atoms with Gasteiger partial charge < -0.3 is 9.84 Å². The van der Waals surface area contributed by atoms with Crippen molar-refractivity contribution < 1.29 is 19.4 Å². The molecule has 2 aliphatic rings. The highest BCUT2D eigenvalue weighted by molar-refractivity contribution is 5.82. The minimum atomic E-state index is -0.932. The zero-order valence-corrected chi connectivity index (χ0v) is 9.77. The first-order valence-corrected chi connectivity index (χ1v) is 5.54. The minimum absolute atomic E-state index is 0.0935. The third-order valence-electron chi connectivity index (χ3n) is 2.99. The Bertz CT molecular complexity index is 333. The van der Waals surface area contributed by atoms with Gasteiger partial charge in [-0.15, -0.1) is 0 Å². The number of carboxylic acids is 1. The van der Waals surface area contributed by atoms with Crippen LogP contribution in [-0.4, -0.2) is 39.8 Å². The number of amides is 1. The second kappa shape index (κ2) is 3.37. The standard InChI is InChI=1S/C11H17NO4/c1-11(2,3)16-10(15)12-7-4-6(7)5-8(12)9(13)14/h6-8H,4-5H2,1-3H3,(H,13,14)/t6?,7-,8?/m0/s1. The van der Waals surface area contributed by atoms with E-state index in [0.717, 1.165) is 6.42 Å². The third kappa shape index (κ3) is 1.99. The summed E-state index contributed by atoms with van der Waals surface area (Å²) < 4.78 is 5.22. The monoisotopic (exact) mass is 227 g/mol. The number of carbonyl (C=O) groups excluding carboxylic acids is 1. The maximum Gasteiger partial charge on any atom is 0.411 e. The van der Waals surface area contributed by atoms with Crippen molar-refractivity contribution in [3.8, 4) is 0 Å². The summed E-state index contributed by atoms with van der Waals surface area (Å²) >= 11 is 0. The normalized spacial score (nSPS) is 32.2. The predicted molar refractivity (Wildman–Crippen MR) is 56.0 cm³/mol. The van der Waals surface area contributed by atoms with Gasteiger partial charge in [-0.2, -0.15) is 0 Å². The minimum Gasteiger partial charge on any atom is -0.480 e. The van der Waals surface area contributed by atoms with Gasteiger partial charge in [0.1, 0.15) is 11.6 Å². The van der Waals surface area contributed by atoms with E-state index in [2.05, 4.69) is 0 Å². The lowest BCUT2D eigenvalue weighted by molar-refractivity contribution is -0.142. The van der Waals surface area contributed by atoms with E-state index in [1.54, 1.807) is 20.8 Å². The number of likely N-dealkylation sites (tertiary alicyclic amines) is 1. The van der Waals surface area contributed by atoms with Gasteiger partial charge >= 0.3 is 12.1 Å². The lowest BCUT2D eigenvalue weighted by Gasteiger charge is -2.28. The number of piperidine rings is 1. The van der Waals surface area contributed by atoms with Crippen LogP contribution in [0.25, 0.3) is 0 Å². The Balaban J connectivity index is 2.07. The molecule has 0 aromatic heterocycles. The highest BCUT2D eigenvalue weighted by Gasteiger charge is 2.57. The van der Waals surface area contributed by atoms with Gasteiger partial charge in [0, 0.05) is 6.04 Å². The number of ether oxygens (including phenoxy) is 1. The summed E-state index contributed by atoms with van der Waals surface area (Å²) in [6.07, 6.45) is 0.993. The Morgan fingerprint density at radius 2 is 1.94 bits per heavy atom. The number of hydrogen-bond donors (Lipinski definition) is 1. The molecule has 1 N–H and O–H groups in total. The molecule has 2 rings (SSSR count). The average molecular weight is 227 g/mol. The predicted octanol–water partition coefficient (Wildman–Crippen LogP) is 1.47. The van der Waals surface area contributed by atoms with Crippen molar-refractivity contribution in [3.63, 3.8) is 0 Å². The first-order valence-electron chi connectivity index (χ1n) is 5.54. The molecule has 0 spiro atoms. The van der Waals surface area contributed by atoms with Gasteiger partial charge in [0.2, 0.25) is 0 Å². The van der Waals surface area contributed by atoms with Crippen LogP contribution < -0.4 is 0 Å². The molecule has 0 radical (unpaired) electrons. The van der Waals surface area contributed by atoms with Crippen LogP contribution in [-0.2, 0) is 9.53 Å². The van der Waals surface area contributed by atoms with E-state index in [1.165, 1.54) is 4.90 Å².